The maximum atomic E-state index is 13.0. The number of para-hydroxylation sites is 2. The summed E-state index contributed by atoms with van der Waals surface area (Å²) in [6, 6.07) is 13.4. The minimum absolute atomic E-state index is 0.317. The Labute approximate surface area is 150 Å². The number of methoxy groups -OCH3 is 1. The van der Waals surface area contributed by atoms with Crippen LogP contribution in [0.3, 0.4) is 0 Å². The Morgan fingerprint density at radius 1 is 1.23 bits per heavy atom. The Morgan fingerprint density at radius 3 is 2.65 bits per heavy atom. The fourth-order valence-electron chi connectivity index (χ4n) is 4.53. The first-order valence-electron chi connectivity index (χ1n) is 8.40. The molecule has 2 aliphatic rings. The Morgan fingerprint density at radius 2 is 1.92 bits per heavy atom. The van der Waals surface area contributed by atoms with Crippen LogP contribution >= 0.6 is 0 Å². The van der Waals surface area contributed by atoms with Crippen LogP contribution in [0.25, 0.3) is 0 Å². The summed E-state index contributed by atoms with van der Waals surface area (Å²) in [5, 5.41) is 15.0. The van der Waals surface area contributed by atoms with Crippen molar-refractivity contribution < 1.29 is 14.5 Å². The van der Waals surface area contributed by atoms with Crippen LogP contribution in [0.5, 0.6) is 5.75 Å². The standard InChI is InChI=1S/C19H19N3O4/c1-21-11-13(12-7-3-6-10-16(12)26-2)17(22(24)25)19(21)14-8-4-5-9-15(14)20-18(19)23/h3-10,13,17H,11H2,1-2H3,(H,20,23)/t13-,17-,19+/m0/s1. The molecule has 1 N–H and O–H groups in total. The van der Waals surface area contributed by atoms with Gasteiger partial charge in [-0.05, 0) is 19.2 Å². The molecule has 0 bridgehead atoms. The summed E-state index contributed by atoms with van der Waals surface area (Å²) in [6.07, 6.45) is 0. The Kier molecular flexibility index (Phi) is 3.69. The lowest BCUT2D eigenvalue weighted by Gasteiger charge is -2.30. The fraction of sp³-hybridized carbons (Fsp3) is 0.316. The lowest BCUT2D eigenvalue weighted by atomic mass is 9.79. The van der Waals surface area contributed by atoms with Gasteiger partial charge >= 0.3 is 0 Å². The molecule has 7 heteroatoms. The van der Waals surface area contributed by atoms with E-state index in [-0.39, 0.29) is 10.8 Å². The summed E-state index contributed by atoms with van der Waals surface area (Å²) in [7, 11) is 3.32. The number of nitro groups is 1. The molecule has 4 rings (SSSR count). The first kappa shape index (κ1) is 16.5. The quantitative estimate of drug-likeness (QED) is 0.676. The third-order valence-electron chi connectivity index (χ3n) is 5.58. The second-order valence-electron chi connectivity index (χ2n) is 6.73. The van der Waals surface area contributed by atoms with Crippen molar-refractivity contribution in [3.05, 3.63) is 69.8 Å². The van der Waals surface area contributed by atoms with Gasteiger partial charge in [-0.15, -0.1) is 0 Å². The van der Waals surface area contributed by atoms with E-state index in [9.17, 15) is 14.9 Å². The SMILES string of the molecule is COc1ccccc1[C@@H]1CN(C)[C@@]2(C(=O)Nc3ccccc32)[C@H]1[N+](=O)[O-]. The van der Waals surface area contributed by atoms with E-state index in [1.54, 1.807) is 37.3 Å². The number of likely N-dealkylation sites (N-methyl/N-ethyl adjacent to an activating group) is 1. The smallest absolute Gasteiger partial charge is 0.256 e. The first-order valence-corrected chi connectivity index (χ1v) is 8.40. The van der Waals surface area contributed by atoms with E-state index in [0.29, 0.717) is 23.5 Å². The molecule has 0 aromatic heterocycles. The number of carbonyl (C=O) groups excluding carboxylic acids is 1. The molecule has 1 spiro atoms. The molecule has 2 aliphatic heterocycles. The third-order valence-corrected chi connectivity index (χ3v) is 5.58. The number of ether oxygens (including phenoxy) is 1. The van der Waals surface area contributed by atoms with Crippen LogP contribution in [0.4, 0.5) is 5.69 Å². The van der Waals surface area contributed by atoms with Gasteiger partial charge in [-0.2, -0.15) is 0 Å². The zero-order valence-electron chi connectivity index (χ0n) is 14.5. The predicted octanol–water partition coefficient (Wildman–Crippen LogP) is 2.22. The van der Waals surface area contributed by atoms with Crippen LogP contribution in [0.1, 0.15) is 17.0 Å². The number of nitrogens with zero attached hydrogens (tertiary/aromatic N) is 2. The Balaban J connectivity index is 1.93. The molecule has 3 atom stereocenters. The molecule has 0 unspecified atom stereocenters. The van der Waals surface area contributed by atoms with Crippen molar-refractivity contribution in [3.8, 4) is 5.75 Å². The van der Waals surface area contributed by atoms with Crippen molar-refractivity contribution in [2.24, 2.45) is 0 Å². The van der Waals surface area contributed by atoms with Crippen LogP contribution in [0, 0.1) is 10.1 Å². The number of rotatable bonds is 3. The molecular weight excluding hydrogens is 334 g/mol. The molecule has 2 aromatic rings. The highest BCUT2D eigenvalue weighted by Gasteiger charge is 2.68. The fourth-order valence-corrected chi connectivity index (χ4v) is 4.53. The van der Waals surface area contributed by atoms with Gasteiger partial charge in [-0.1, -0.05) is 36.4 Å². The minimum Gasteiger partial charge on any atom is -0.496 e. The lowest BCUT2D eigenvalue weighted by Crippen LogP contribution is -2.54. The molecule has 0 aliphatic carbocycles. The topological polar surface area (TPSA) is 84.7 Å². The third kappa shape index (κ3) is 2.00. The molecular formula is C19H19N3O4. The van der Waals surface area contributed by atoms with Crippen molar-refractivity contribution >= 4 is 11.6 Å². The van der Waals surface area contributed by atoms with Crippen molar-refractivity contribution in [1.29, 1.82) is 0 Å². The summed E-state index contributed by atoms with van der Waals surface area (Å²) < 4.78 is 5.43. The number of carbonyl (C=O) groups is 1. The zero-order valence-corrected chi connectivity index (χ0v) is 14.5. The first-order chi connectivity index (χ1) is 12.5. The van der Waals surface area contributed by atoms with E-state index in [1.165, 1.54) is 0 Å². The molecule has 7 nitrogen and oxygen atoms in total. The van der Waals surface area contributed by atoms with Gasteiger partial charge in [0.1, 0.15) is 5.75 Å². The van der Waals surface area contributed by atoms with Gasteiger partial charge in [0, 0.05) is 28.3 Å². The van der Waals surface area contributed by atoms with E-state index in [0.717, 1.165) is 5.56 Å². The van der Waals surface area contributed by atoms with E-state index in [1.807, 2.05) is 30.3 Å². The van der Waals surface area contributed by atoms with E-state index >= 15 is 0 Å². The van der Waals surface area contributed by atoms with Crippen LogP contribution in [-0.4, -0.2) is 42.5 Å². The minimum atomic E-state index is -1.33. The van der Waals surface area contributed by atoms with Crippen LogP contribution < -0.4 is 10.1 Å². The van der Waals surface area contributed by atoms with Gasteiger partial charge in [0.15, 0.2) is 5.54 Å². The molecule has 134 valence electrons. The number of fused-ring (bicyclic) bond motifs is 2. The van der Waals surface area contributed by atoms with E-state index in [4.69, 9.17) is 4.74 Å². The molecule has 1 saturated heterocycles. The van der Waals surface area contributed by atoms with Crippen LogP contribution in [-0.2, 0) is 10.3 Å². The number of likely N-dealkylation sites (tertiary alicyclic amines) is 1. The summed E-state index contributed by atoms with van der Waals surface area (Å²) in [5.74, 6) is -0.218. The monoisotopic (exact) mass is 353 g/mol. The molecule has 1 amide bonds. The molecule has 2 aromatic carbocycles. The molecule has 26 heavy (non-hydrogen) atoms. The van der Waals surface area contributed by atoms with Crippen molar-refractivity contribution in [2.45, 2.75) is 17.5 Å². The van der Waals surface area contributed by atoms with E-state index in [2.05, 4.69) is 5.32 Å². The second-order valence-corrected chi connectivity index (χ2v) is 6.73. The van der Waals surface area contributed by atoms with Crippen LogP contribution in [0.15, 0.2) is 48.5 Å². The summed E-state index contributed by atoms with van der Waals surface area (Å²) in [5.41, 5.74) is 0.715. The van der Waals surface area contributed by atoms with E-state index < -0.39 is 17.5 Å². The van der Waals surface area contributed by atoms with Crippen molar-refractivity contribution in [1.82, 2.24) is 4.90 Å². The molecule has 0 saturated carbocycles. The number of benzene rings is 2. The number of amides is 1. The maximum absolute atomic E-state index is 13.0. The Bertz CT molecular complexity index is 900. The normalized spacial score (nSPS) is 27.4. The van der Waals surface area contributed by atoms with Gasteiger partial charge in [-0.25, -0.2) is 0 Å². The van der Waals surface area contributed by atoms with Gasteiger partial charge in [0.25, 0.3) is 11.9 Å². The lowest BCUT2D eigenvalue weighted by molar-refractivity contribution is -0.534. The number of anilines is 1. The molecule has 1 fully saturated rings. The molecule has 0 radical (unpaired) electrons. The van der Waals surface area contributed by atoms with Gasteiger partial charge < -0.3 is 10.1 Å². The predicted molar refractivity (Wildman–Crippen MR) is 95.9 cm³/mol. The summed E-state index contributed by atoms with van der Waals surface area (Å²) in [4.78, 5) is 26.7. The zero-order chi connectivity index (χ0) is 18.5. The average molecular weight is 353 g/mol. The van der Waals surface area contributed by atoms with Crippen molar-refractivity contribution in [2.75, 3.05) is 26.0 Å². The number of nitrogens with one attached hydrogen (secondary N) is 1. The number of hydrogen-bond donors (Lipinski definition) is 1. The van der Waals surface area contributed by atoms with Gasteiger partial charge in [-0.3, -0.25) is 19.8 Å². The Hall–Kier alpha value is -2.93. The summed E-state index contributed by atoms with van der Waals surface area (Å²) in [6.45, 7) is 0.383. The average Bonchev–Trinajstić information content (AvgIpc) is 3.11. The van der Waals surface area contributed by atoms with Gasteiger partial charge in [0.2, 0.25) is 0 Å². The highest BCUT2D eigenvalue weighted by atomic mass is 16.6. The number of hydrogen-bond acceptors (Lipinski definition) is 5. The summed E-state index contributed by atoms with van der Waals surface area (Å²) >= 11 is 0. The van der Waals surface area contributed by atoms with Crippen molar-refractivity contribution in [3.63, 3.8) is 0 Å². The highest BCUT2D eigenvalue weighted by Crippen LogP contribution is 2.52. The highest BCUT2D eigenvalue weighted by molar-refractivity contribution is 6.06. The van der Waals surface area contributed by atoms with Gasteiger partial charge in [0.05, 0.1) is 13.0 Å². The molecule has 2 heterocycles. The van der Waals surface area contributed by atoms with Crippen LogP contribution in [0.2, 0.25) is 0 Å². The largest absolute Gasteiger partial charge is 0.496 e. The maximum Gasteiger partial charge on any atom is 0.256 e. The second kappa shape index (κ2) is 5.81.